The minimum Gasteiger partial charge on any atom is -0.432 e. The number of allylic oxidation sites excluding steroid dienone is 2. The summed E-state index contributed by atoms with van der Waals surface area (Å²) in [6.45, 7) is 14.6. The van der Waals surface area contributed by atoms with Gasteiger partial charge >= 0.3 is 5.97 Å². The molecule has 5 aliphatic carbocycles. The van der Waals surface area contributed by atoms with Crippen molar-refractivity contribution in [3.05, 3.63) is 11.6 Å². The third kappa shape index (κ3) is 7.55. The van der Waals surface area contributed by atoms with E-state index < -0.39 is 104 Å². The van der Waals surface area contributed by atoms with Crippen molar-refractivity contribution in [1.82, 2.24) is 0 Å². The summed E-state index contributed by atoms with van der Waals surface area (Å²) in [6.07, 6.45) is -9.34. The molecule has 3 saturated heterocycles. The lowest BCUT2D eigenvalue weighted by Crippen LogP contribution is -2.65. The Morgan fingerprint density at radius 3 is 2.08 bits per heavy atom. The highest BCUT2D eigenvalue weighted by molar-refractivity contribution is 5.79. The van der Waals surface area contributed by atoms with Crippen LogP contribution in [0.3, 0.4) is 0 Å². The summed E-state index contributed by atoms with van der Waals surface area (Å²) in [7, 11) is 0. The Kier molecular flexibility index (Phi) is 12.7. The standard InChI is InChI=1S/C46H74O16/c1-21-30(49)33(52)35(54)38(58-21)62-41(56)46-15-10-23-22(24(46)18-42(2,3)16-17-46)8-9-28-44(23,6)13-11-27-43(4,5)29(12-14-45(27,28)7)60-40-37(31(50)25(48)20-57-40)61-39-36(55)34(53)32(51)26(19-47)59-39/h8,21,23-40,47-55H,9-20H2,1-7H3/t21-,23?,24-,25+,26+,27-,28-,29-,30-,31-,32+,33+,34-,35+,36+,37+,38?,39-,40-,44-,45-,46+/m0/s1. The van der Waals surface area contributed by atoms with Crippen LogP contribution in [0.1, 0.15) is 113 Å². The average Bonchev–Trinajstić information content (AvgIpc) is 3.22. The molecule has 354 valence electrons. The highest BCUT2D eigenvalue weighted by Crippen LogP contribution is 2.72. The van der Waals surface area contributed by atoms with E-state index in [1.54, 1.807) is 6.92 Å². The second-order valence-electron chi connectivity index (χ2n) is 22.4. The molecule has 8 aliphatic rings. The van der Waals surface area contributed by atoms with Gasteiger partial charge in [-0.1, -0.05) is 53.2 Å². The van der Waals surface area contributed by atoms with E-state index in [4.69, 9.17) is 28.4 Å². The van der Waals surface area contributed by atoms with Gasteiger partial charge in [-0.2, -0.15) is 0 Å². The molecule has 7 fully saturated rings. The lowest BCUT2D eigenvalue weighted by atomic mass is 9.37. The molecule has 62 heavy (non-hydrogen) atoms. The fourth-order valence-electron chi connectivity index (χ4n) is 14.4. The van der Waals surface area contributed by atoms with Gasteiger partial charge in [0.1, 0.15) is 61.0 Å². The molecule has 16 nitrogen and oxygen atoms in total. The van der Waals surface area contributed by atoms with Gasteiger partial charge < -0.3 is 74.4 Å². The highest BCUT2D eigenvalue weighted by Gasteiger charge is 2.67. The Bertz CT molecular complexity index is 1670. The molecular formula is C46H74O16. The van der Waals surface area contributed by atoms with Crippen LogP contribution >= 0.6 is 0 Å². The molecular weight excluding hydrogens is 808 g/mol. The van der Waals surface area contributed by atoms with Crippen LogP contribution in [-0.4, -0.2) is 157 Å². The maximum absolute atomic E-state index is 14.5. The number of hydrogen-bond donors (Lipinski definition) is 9. The van der Waals surface area contributed by atoms with Gasteiger partial charge in [-0.15, -0.1) is 0 Å². The number of fused-ring (bicyclic) bond motifs is 7. The van der Waals surface area contributed by atoms with E-state index in [0.29, 0.717) is 25.2 Å². The maximum atomic E-state index is 14.5. The number of esters is 1. The average molecular weight is 883 g/mol. The second-order valence-corrected chi connectivity index (χ2v) is 22.4. The Morgan fingerprint density at radius 2 is 1.37 bits per heavy atom. The van der Waals surface area contributed by atoms with Crippen molar-refractivity contribution in [2.75, 3.05) is 13.2 Å². The zero-order valence-electron chi connectivity index (χ0n) is 37.4. The summed E-state index contributed by atoms with van der Waals surface area (Å²) in [5, 5.41) is 94.5. The molecule has 0 aromatic rings. The van der Waals surface area contributed by atoms with Crippen LogP contribution in [0.25, 0.3) is 0 Å². The Morgan fingerprint density at radius 1 is 0.694 bits per heavy atom. The van der Waals surface area contributed by atoms with Crippen molar-refractivity contribution in [1.29, 1.82) is 0 Å². The highest BCUT2D eigenvalue weighted by atomic mass is 16.8. The second kappa shape index (κ2) is 16.8. The first-order valence-corrected chi connectivity index (χ1v) is 23.2. The Labute approximate surface area is 364 Å². The number of aliphatic hydroxyl groups is 9. The summed E-state index contributed by atoms with van der Waals surface area (Å²) in [4.78, 5) is 14.5. The molecule has 22 atom stereocenters. The SMILES string of the molecule is C[C@@H]1OC(OC(=O)[C@@]23CCC4C(=CC[C@@H]5[C@@]6(C)CC[C@H](O[C@@H]7OC[C@@H](O)[C@H](O)[C@H]7O[C@@H]7O[C@H](CO)[C@@H](O)[C@H](O)[C@H]7O)C(C)(C)[C@@H]6CC[C@@]45C)[C@@H]2CC(C)(C)CC3)[C@H](O)[C@H](O)[C@H]1O. The van der Waals surface area contributed by atoms with Gasteiger partial charge in [-0.3, -0.25) is 4.79 Å². The number of rotatable bonds is 7. The van der Waals surface area contributed by atoms with Crippen LogP contribution in [0.4, 0.5) is 0 Å². The van der Waals surface area contributed by atoms with E-state index in [9.17, 15) is 50.8 Å². The smallest absolute Gasteiger partial charge is 0.315 e. The molecule has 0 bridgehead atoms. The number of carbonyl (C=O) groups is 1. The molecule has 0 aromatic carbocycles. The number of ether oxygens (including phenoxy) is 6. The summed E-state index contributed by atoms with van der Waals surface area (Å²) in [5.74, 6) is 0.426. The van der Waals surface area contributed by atoms with Crippen molar-refractivity contribution < 1.29 is 79.2 Å². The molecule has 2 unspecified atom stereocenters. The normalized spacial score (nSPS) is 53.5. The fourth-order valence-corrected chi connectivity index (χ4v) is 14.4. The van der Waals surface area contributed by atoms with Crippen molar-refractivity contribution in [2.45, 2.75) is 205 Å². The van der Waals surface area contributed by atoms with E-state index >= 15 is 0 Å². The van der Waals surface area contributed by atoms with E-state index in [-0.39, 0.29) is 52.1 Å². The Balaban J connectivity index is 1.01. The van der Waals surface area contributed by atoms with Gasteiger partial charge in [0.25, 0.3) is 0 Å². The van der Waals surface area contributed by atoms with Gasteiger partial charge in [-0.25, -0.2) is 0 Å². The van der Waals surface area contributed by atoms with E-state index in [0.717, 1.165) is 44.9 Å². The maximum Gasteiger partial charge on any atom is 0.315 e. The monoisotopic (exact) mass is 882 g/mol. The summed E-state index contributed by atoms with van der Waals surface area (Å²) in [5.41, 5.74) is 0.0960. The molecule has 9 N–H and O–H groups in total. The number of hydrogen-bond acceptors (Lipinski definition) is 16. The molecule has 16 heteroatoms. The van der Waals surface area contributed by atoms with Crippen molar-refractivity contribution in [3.8, 4) is 0 Å². The fraction of sp³-hybridized carbons (Fsp3) is 0.935. The predicted octanol–water partition coefficient (Wildman–Crippen LogP) is 1.42. The molecule has 0 radical (unpaired) electrons. The predicted molar refractivity (Wildman–Crippen MR) is 218 cm³/mol. The van der Waals surface area contributed by atoms with Gasteiger partial charge in [0.2, 0.25) is 6.29 Å². The van der Waals surface area contributed by atoms with Crippen molar-refractivity contribution in [2.24, 2.45) is 50.7 Å². The van der Waals surface area contributed by atoms with Crippen LogP contribution in [0, 0.1) is 50.7 Å². The minimum atomic E-state index is -1.72. The summed E-state index contributed by atoms with van der Waals surface area (Å²) < 4.78 is 36.1. The molecule has 4 saturated carbocycles. The van der Waals surface area contributed by atoms with Crippen LogP contribution < -0.4 is 0 Å². The van der Waals surface area contributed by atoms with Crippen molar-refractivity contribution in [3.63, 3.8) is 0 Å². The largest absolute Gasteiger partial charge is 0.432 e. The molecule has 0 aromatic heterocycles. The zero-order valence-corrected chi connectivity index (χ0v) is 37.4. The van der Waals surface area contributed by atoms with Gasteiger partial charge in [0, 0.05) is 0 Å². The van der Waals surface area contributed by atoms with Gasteiger partial charge in [0.05, 0.1) is 30.8 Å². The first-order valence-electron chi connectivity index (χ1n) is 23.2. The van der Waals surface area contributed by atoms with E-state index in [2.05, 4.69) is 47.6 Å². The van der Waals surface area contributed by atoms with Crippen LogP contribution in [0.15, 0.2) is 11.6 Å². The van der Waals surface area contributed by atoms with Crippen LogP contribution in [0.5, 0.6) is 0 Å². The van der Waals surface area contributed by atoms with E-state index in [1.165, 1.54) is 5.57 Å². The topological polar surface area (TPSA) is 255 Å². The van der Waals surface area contributed by atoms with E-state index in [1.807, 2.05) is 0 Å². The molecule has 8 rings (SSSR count). The molecule has 3 heterocycles. The van der Waals surface area contributed by atoms with Crippen molar-refractivity contribution >= 4 is 5.97 Å². The summed E-state index contributed by atoms with van der Waals surface area (Å²) in [6, 6.07) is 0. The summed E-state index contributed by atoms with van der Waals surface area (Å²) >= 11 is 0. The third-order valence-corrected chi connectivity index (χ3v) is 18.1. The molecule has 0 spiro atoms. The number of aliphatic hydroxyl groups excluding tert-OH is 9. The Hall–Kier alpha value is -1.35. The van der Waals surface area contributed by atoms with Crippen LogP contribution in [-0.2, 0) is 33.2 Å². The first-order chi connectivity index (χ1) is 29.0. The molecule has 3 aliphatic heterocycles. The van der Waals surface area contributed by atoms with Gasteiger partial charge in [0.15, 0.2) is 12.6 Å². The van der Waals surface area contributed by atoms with Crippen LogP contribution in [0.2, 0.25) is 0 Å². The third-order valence-electron chi connectivity index (χ3n) is 18.1. The minimum absolute atomic E-state index is 0.00566. The zero-order chi connectivity index (χ0) is 45.1. The first kappa shape index (κ1) is 47.2. The van der Waals surface area contributed by atoms with Gasteiger partial charge in [-0.05, 0) is 116 Å². The molecule has 0 amide bonds. The quantitative estimate of drug-likeness (QED) is 0.0996. The number of carbonyl (C=O) groups excluding carboxylic acids is 1. The lowest BCUT2D eigenvalue weighted by Gasteiger charge is -2.68. The lowest BCUT2D eigenvalue weighted by molar-refractivity contribution is -0.367.